The van der Waals surface area contributed by atoms with Crippen LogP contribution in [0.2, 0.25) is 12.6 Å². The normalized spacial score (nSPS) is 12.0. The highest BCUT2D eigenvalue weighted by atomic mass is 35.7. The first-order valence-electron chi connectivity index (χ1n) is 13.9. The average molecular weight is 480 g/mol. The summed E-state index contributed by atoms with van der Waals surface area (Å²) in [6, 6.07) is 1.06. The minimum atomic E-state index is -1.83. The van der Waals surface area contributed by atoms with E-state index in [0.717, 1.165) is 6.04 Å². The molecule has 0 aromatic heterocycles. The monoisotopic (exact) mass is 478 g/mol. The Labute approximate surface area is 202 Å². The first kappa shape index (κ1) is 30.8. The van der Waals surface area contributed by atoms with Gasteiger partial charge in [0.25, 0.3) is 0 Å². The van der Waals surface area contributed by atoms with Gasteiger partial charge in [0.1, 0.15) is 0 Å². The third-order valence-electron chi connectivity index (χ3n) is 6.47. The molecule has 0 rings (SSSR count). The number of unbranched alkanes of at least 4 members (excludes halogenated alkanes) is 23. The second kappa shape index (κ2) is 24.4. The number of hydrogen-bond donors (Lipinski definition) is 0. The Bertz CT molecular complexity index is 314. The van der Waals surface area contributed by atoms with Crippen LogP contribution in [0.3, 0.4) is 0 Å². The topological polar surface area (TPSA) is 0 Å². The van der Waals surface area contributed by atoms with E-state index in [9.17, 15) is 0 Å². The molecule has 0 unspecified atom stereocenters. The van der Waals surface area contributed by atoms with Crippen LogP contribution in [0.4, 0.5) is 0 Å². The molecule has 0 bridgehead atoms. The zero-order valence-corrected chi connectivity index (χ0v) is 23.4. The van der Waals surface area contributed by atoms with E-state index >= 15 is 0 Å². The molecule has 0 aliphatic rings. The van der Waals surface area contributed by atoms with Crippen molar-refractivity contribution in [2.75, 3.05) is 0 Å². The molecule has 0 N–H and O–H groups in total. The third kappa shape index (κ3) is 28.8. The lowest BCUT2D eigenvalue weighted by Gasteiger charge is -2.09. The summed E-state index contributed by atoms with van der Waals surface area (Å²) in [6.07, 6.45) is 34.6. The first-order valence-corrected chi connectivity index (χ1v) is 18.7. The van der Waals surface area contributed by atoms with Crippen LogP contribution in [-0.2, 0) is 0 Å². The molecule has 0 saturated heterocycles. The molecule has 0 heterocycles. The van der Waals surface area contributed by atoms with E-state index in [2.05, 4.69) is 6.92 Å². The molecule has 0 radical (unpaired) electrons. The van der Waals surface area contributed by atoms with Gasteiger partial charge in [0.15, 0.2) is 0 Å². The van der Waals surface area contributed by atoms with Crippen LogP contribution in [0, 0.1) is 0 Å². The van der Waals surface area contributed by atoms with Crippen LogP contribution in [0.15, 0.2) is 0 Å². The van der Waals surface area contributed by atoms with E-state index in [1.807, 2.05) is 6.55 Å². The Hall–Kier alpha value is 0.797. The van der Waals surface area contributed by atoms with Crippen molar-refractivity contribution in [3.8, 4) is 0 Å². The smallest absolute Gasteiger partial charge is 0.146 e. The molecule has 0 saturated carbocycles. The highest BCUT2D eigenvalue weighted by Gasteiger charge is 2.19. The summed E-state index contributed by atoms with van der Waals surface area (Å²) in [4.78, 5) is 0. The standard InChI is InChI=1S/C27H56Cl2Si/c1-3-4-5-6-7-8-9-10-11-12-13-14-15-16-17-18-19-20-21-22-23-24-25-26-27-30(2,28)29/h3-27H2,1-2H3. The zero-order valence-electron chi connectivity index (χ0n) is 20.9. The van der Waals surface area contributed by atoms with Crippen LogP contribution in [-0.4, -0.2) is 6.69 Å². The molecule has 182 valence electrons. The molecule has 0 spiro atoms. The summed E-state index contributed by atoms with van der Waals surface area (Å²) in [7, 11) is 0. The maximum absolute atomic E-state index is 6.14. The largest absolute Gasteiger partial charge is 0.248 e. The van der Waals surface area contributed by atoms with Crippen LogP contribution < -0.4 is 0 Å². The summed E-state index contributed by atoms with van der Waals surface area (Å²) in [6.45, 7) is 2.51. The maximum atomic E-state index is 6.14. The van der Waals surface area contributed by atoms with Gasteiger partial charge in [-0.25, -0.2) is 0 Å². The highest BCUT2D eigenvalue weighted by Crippen LogP contribution is 2.23. The molecule has 0 aromatic rings. The van der Waals surface area contributed by atoms with E-state index < -0.39 is 6.69 Å². The molecule has 0 fully saturated rings. The fraction of sp³-hybridized carbons (Fsp3) is 1.00. The van der Waals surface area contributed by atoms with Gasteiger partial charge in [-0.1, -0.05) is 161 Å². The van der Waals surface area contributed by atoms with Crippen molar-refractivity contribution in [2.45, 2.75) is 174 Å². The van der Waals surface area contributed by atoms with Gasteiger partial charge in [-0.05, 0) is 12.6 Å². The van der Waals surface area contributed by atoms with Crippen LogP contribution in [0.25, 0.3) is 0 Å². The lowest BCUT2D eigenvalue weighted by atomic mass is 10.0. The average Bonchev–Trinajstić information content (AvgIpc) is 2.70. The molecular formula is C27H56Cl2Si. The Morgan fingerprint density at radius 3 is 0.767 bits per heavy atom. The van der Waals surface area contributed by atoms with Gasteiger partial charge in [-0.2, -0.15) is 0 Å². The molecule has 0 aliphatic carbocycles. The number of rotatable bonds is 25. The van der Waals surface area contributed by atoms with Gasteiger partial charge in [-0.3, -0.25) is 0 Å². The first-order chi connectivity index (χ1) is 14.6. The summed E-state index contributed by atoms with van der Waals surface area (Å²) >= 11 is 12.3. The lowest BCUT2D eigenvalue weighted by Crippen LogP contribution is -2.11. The van der Waals surface area contributed by atoms with E-state index in [0.29, 0.717) is 0 Å². The van der Waals surface area contributed by atoms with E-state index in [1.165, 1.54) is 154 Å². The van der Waals surface area contributed by atoms with Gasteiger partial charge < -0.3 is 0 Å². The molecule has 30 heavy (non-hydrogen) atoms. The summed E-state index contributed by atoms with van der Waals surface area (Å²) < 4.78 is 0. The van der Waals surface area contributed by atoms with Crippen molar-refractivity contribution in [1.82, 2.24) is 0 Å². The van der Waals surface area contributed by atoms with Crippen LogP contribution in [0.1, 0.15) is 161 Å². The van der Waals surface area contributed by atoms with Crippen molar-refractivity contribution < 1.29 is 0 Å². The SMILES string of the molecule is CCCCCCCCCCCCCCCCCCCCCCCCCC[Si](C)(Cl)Cl. The van der Waals surface area contributed by atoms with Crippen molar-refractivity contribution >= 4 is 28.9 Å². The zero-order chi connectivity index (χ0) is 22.2. The summed E-state index contributed by atoms with van der Waals surface area (Å²) in [5.41, 5.74) is 0. The van der Waals surface area contributed by atoms with Gasteiger partial charge in [0.2, 0.25) is 6.69 Å². The Balaban J connectivity index is 3.02. The second-order valence-corrected chi connectivity index (χ2v) is 18.2. The Morgan fingerprint density at radius 2 is 0.567 bits per heavy atom. The van der Waals surface area contributed by atoms with Gasteiger partial charge in [-0.15, -0.1) is 22.2 Å². The van der Waals surface area contributed by atoms with Gasteiger partial charge >= 0.3 is 0 Å². The second-order valence-electron chi connectivity index (χ2n) is 9.95. The van der Waals surface area contributed by atoms with Crippen molar-refractivity contribution in [3.63, 3.8) is 0 Å². The molecule has 0 nitrogen and oxygen atoms in total. The maximum Gasteiger partial charge on any atom is 0.248 e. The van der Waals surface area contributed by atoms with Crippen molar-refractivity contribution in [1.29, 1.82) is 0 Å². The van der Waals surface area contributed by atoms with Crippen molar-refractivity contribution in [3.05, 3.63) is 0 Å². The highest BCUT2D eigenvalue weighted by molar-refractivity contribution is 7.44. The summed E-state index contributed by atoms with van der Waals surface area (Å²) in [5, 5.41) is 0. The van der Waals surface area contributed by atoms with Gasteiger partial charge in [0.05, 0.1) is 0 Å². The molecule has 0 aliphatic heterocycles. The van der Waals surface area contributed by atoms with Gasteiger partial charge in [0, 0.05) is 0 Å². The number of halogens is 2. The molecule has 0 amide bonds. The van der Waals surface area contributed by atoms with E-state index in [1.54, 1.807) is 0 Å². The Morgan fingerprint density at radius 1 is 0.367 bits per heavy atom. The predicted octanol–water partition coefficient (Wildman–Crippen LogP) is 11.9. The minimum Gasteiger partial charge on any atom is -0.146 e. The predicted molar refractivity (Wildman–Crippen MR) is 145 cm³/mol. The van der Waals surface area contributed by atoms with Crippen LogP contribution in [0.5, 0.6) is 0 Å². The number of hydrogen-bond acceptors (Lipinski definition) is 0. The lowest BCUT2D eigenvalue weighted by molar-refractivity contribution is 0.517. The molecule has 0 atom stereocenters. The summed E-state index contributed by atoms with van der Waals surface area (Å²) in [5.74, 6) is 0. The van der Waals surface area contributed by atoms with E-state index in [-0.39, 0.29) is 0 Å². The fourth-order valence-electron chi connectivity index (χ4n) is 4.40. The Kier molecular flexibility index (Phi) is 25.1. The van der Waals surface area contributed by atoms with Crippen molar-refractivity contribution in [2.24, 2.45) is 0 Å². The van der Waals surface area contributed by atoms with E-state index in [4.69, 9.17) is 22.2 Å². The fourth-order valence-corrected chi connectivity index (χ4v) is 6.07. The molecule has 0 aromatic carbocycles. The minimum absolute atomic E-state index is 1.06. The quantitative estimate of drug-likeness (QED) is 0.0693. The molecule has 3 heteroatoms. The third-order valence-corrected chi connectivity index (χ3v) is 8.83. The van der Waals surface area contributed by atoms with Crippen LogP contribution >= 0.6 is 22.2 Å². The molecular weight excluding hydrogens is 423 g/mol.